The maximum Gasteiger partial charge on any atom is 0.281 e. The summed E-state index contributed by atoms with van der Waals surface area (Å²) in [5.41, 5.74) is 3.28. The fourth-order valence-electron chi connectivity index (χ4n) is 4.51. The molecule has 0 saturated heterocycles. The SMILES string of the molecule is Cc1cc(OCCCn2c(C(=O)NS(=O)(=O)c3ccc(NC(=O)c4cocn4)cc3)cc3ccccc32)cc(C)c1Cl. The Bertz CT molecular complexity index is 1840. The zero-order valence-electron chi connectivity index (χ0n) is 22.8. The summed E-state index contributed by atoms with van der Waals surface area (Å²) in [5.74, 6) is -0.566. The third-order valence-electron chi connectivity index (χ3n) is 6.56. The van der Waals surface area contributed by atoms with Gasteiger partial charge in [-0.15, -0.1) is 0 Å². The molecule has 0 atom stereocenters. The van der Waals surface area contributed by atoms with Crippen LogP contribution >= 0.6 is 11.6 Å². The number of amides is 2. The van der Waals surface area contributed by atoms with Gasteiger partial charge in [-0.1, -0.05) is 29.8 Å². The number of sulfonamides is 1. The largest absolute Gasteiger partial charge is 0.494 e. The molecule has 0 fully saturated rings. The second-order valence-electron chi connectivity index (χ2n) is 9.60. The number of rotatable bonds is 10. The van der Waals surface area contributed by atoms with E-state index in [0.717, 1.165) is 28.4 Å². The number of ether oxygens (including phenoxy) is 1. The van der Waals surface area contributed by atoms with E-state index < -0.39 is 21.8 Å². The summed E-state index contributed by atoms with van der Waals surface area (Å²) in [6.45, 7) is 4.63. The number of carbonyl (C=O) groups excluding carboxylic acids is 2. The van der Waals surface area contributed by atoms with E-state index in [-0.39, 0.29) is 16.3 Å². The van der Waals surface area contributed by atoms with Gasteiger partial charge in [-0.2, -0.15) is 0 Å². The van der Waals surface area contributed by atoms with Crippen molar-refractivity contribution in [1.29, 1.82) is 0 Å². The molecule has 10 nitrogen and oxygen atoms in total. The van der Waals surface area contributed by atoms with Crippen LogP contribution in [0.1, 0.15) is 38.5 Å². The van der Waals surface area contributed by atoms with E-state index in [4.69, 9.17) is 20.8 Å². The Kier molecular flexibility index (Phi) is 8.32. The molecule has 5 rings (SSSR count). The van der Waals surface area contributed by atoms with E-state index in [9.17, 15) is 18.0 Å². The van der Waals surface area contributed by atoms with Gasteiger partial charge in [-0.05, 0) is 79.9 Å². The molecular weight excluding hydrogens is 580 g/mol. The van der Waals surface area contributed by atoms with E-state index in [1.165, 1.54) is 30.5 Å². The number of aromatic nitrogens is 2. The van der Waals surface area contributed by atoms with Crippen LogP contribution < -0.4 is 14.8 Å². The van der Waals surface area contributed by atoms with Crippen LogP contribution in [0.25, 0.3) is 10.9 Å². The lowest BCUT2D eigenvalue weighted by Crippen LogP contribution is -2.32. The summed E-state index contributed by atoms with van der Waals surface area (Å²) in [7, 11) is -4.21. The van der Waals surface area contributed by atoms with E-state index in [2.05, 4.69) is 15.0 Å². The summed E-state index contributed by atoms with van der Waals surface area (Å²) in [5, 5.41) is 4.10. The van der Waals surface area contributed by atoms with Gasteiger partial charge in [0.25, 0.3) is 21.8 Å². The van der Waals surface area contributed by atoms with Crippen molar-refractivity contribution < 1.29 is 27.2 Å². The summed E-state index contributed by atoms with van der Waals surface area (Å²) < 4.78 is 40.8. The smallest absolute Gasteiger partial charge is 0.281 e. The number of carbonyl (C=O) groups is 2. The minimum absolute atomic E-state index is 0.0797. The van der Waals surface area contributed by atoms with E-state index in [0.29, 0.717) is 36.0 Å². The van der Waals surface area contributed by atoms with Crippen LogP contribution in [-0.2, 0) is 16.6 Å². The van der Waals surface area contributed by atoms with Crippen LogP contribution in [0.3, 0.4) is 0 Å². The highest BCUT2D eigenvalue weighted by Crippen LogP contribution is 2.26. The number of hydrogen-bond acceptors (Lipinski definition) is 7. The topological polar surface area (TPSA) is 133 Å². The van der Waals surface area contributed by atoms with Crippen molar-refractivity contribution >= 4 is 50.0 Å². The fraction of sp³-hybridized carbons (Fsp3) is 0.167. The molecule has 0 bridgehead atoms. The molecule has 0 aliphatic carbocycles. The van der Waals surface area contributed by atoms with Crippen LogP contribution in [0.4, 0.5) is 5.69 Å². The molecule has 2 heterocycles. The van der Waals surface area contributed by atoms with Crippen LogP contribution in [0.5, 0.6) is 5.75 Å². The molecule has 12 heteroatoms. The Morgan fingerprint density at radius 2 is 1.71 bits per heavy atom. The number of nitrogens with one attached hydrogen (secondary N) is 2. The first-order chi connectivity index (χ1) is 20.1. The quantitative estimate of drug-likeness (QED) is 0.194. The highest BCUT2D eigenvalue weighted by atomic mass is 35.5. The Hall–Kier alpha value is -4.61. The van der Waals surface area contributed by atoms with Crippen molar-refractivity contribution in [3.05, 3.63) is 107 Å². The van der Waals surface area contributed by atoms with Gasteiger partial charge in [0.05, 0.1) is 11.5 Å². The van der Waals surface area contributed by atoms with E-state index >= 15 is 0 Å². The summed E-state index contributed by atoms with van der Waals surface area (Å²) in [6, 6.07) is 18.3. The average Bonchev–Trinajstić information content (AvgIpc) is 3.63. The van der Waals surface area contributed by atoms with Gasteiger partial charge in [0, 0.05) is 28.2 Å². The van der Waals surface area contributed by atoms with Crippen molar-refractivity contribution in [2.45, 2.75) is 31.7 Å². The zero-order valence-corrected chi connectivity index (χ0v) is 24.3. The molecule has 3 aromatic carbocycles. The number of oxazole rings is 1. The minimum Gasteiger partial charge on any atom is -0.494 e. The highest BCUT2D eigenvalue weighted by molar-refractivity contribution is 7.90. The third kappa shape index (κ3) is 6.32. The molecular formula is C30H27ClN4O6S. The number of hydrogen-bond donors (Lipinski definition) is 2. The molecule has 5 aromatic rings. The molecule has 42 heavy (non-hydrogen) atoms. The highest BCUT2D eigenvalue weighted by Gasteiger charge is 2.23. The van der Waals surface area contributed by atoms with Crippen LogP contribution in [-0.4, -0.2) is 36.4 Å². The monoisotopic (exact) mass is 606 g/mol. The zero-order chi connectivity index (χ0) is 29.9. The summed E-state index contributed by atoms with van der Waals surface area (Å²) in [6.07, 6.45) is 2.88. The molecule has 0 aliphatic heterocycles. The molecule has 0 unspecified atom stereocenters. The van der Waals surface area contributed by atoms with E-state index in [1.54, 1.807) is 10.6 Å². The fourth-order valence-corrected chi connectivity index (χ4v) is 5.58. The third-order valence-corrected chi connectivity index (χ3v) is 8.51. The Morgan fingerprint density at radius 3 is 2.40 bits per heavy atom. The number of halogens is 1. The standard InChI is InChI=1S/C30H27ClN4O6S/c1-19-14-23(15-20(2)28(19)31)41-13-5-12-35-26-7-4-3-6-21(26)16-27(35)30(37)34-42(38,39)24-10-8-22(9-11-24)33-29(36)25-17-40-18-32-25/h3-4,6-11,14-18H,5,12-13H2,1-2H3,(H,33,36)(H,34,37). The normalized spacial score (nSPS) is 11.4. The van der Waals surface area contributed by atoms with E-state index in [1.807, 2.05) is 50.2 Å². The van der Waals surface area contributed by atoms with Gasteiger partial charge in [0.15, 0.2) is 12.1 Å². The molecule has 0 radical (unpaired) electrons. The predicted molar refractivity (Wildman–Crippen MR) is 159 cm³/mol. The van der Waals surface area contributed by atoms with Crippen molar-refractivity contribution in [3.8, 4) is 5.75 Å². The van der Waals surface area contributed by atoms with Gasteiger partial charge in [0.2, 0.25) is 0 Å². The van der Waals surface area contributed by atoms with Crippen molar-refractivity contribution in [2.24, 2.45) is 0 Å². The van der Waals surface area contributed by atoms with Gasteiger partial charge < -0.3 is 19.0 Å². The van der Waals surface area contributed by atoms with Gasteiger partial charge in [0.1, 0.15) is 17.7 Å². The predicted octanol–water partition coefficient (Wildman–Crippen LogP) is 5.74. The maximum absolute atomic E-state index is 13.3. The van der Waals surface area contributed by atoms with Crippen molar-refractivity contribution in [3.63, 3.8) is 0 Å². The molecule has 2 N–H and O–H groups in total. The van der Waals surface area contributed by atoms with Crippen LogP contribution in [0.15, 0.2) is 88.7 Å². The summed E-state index contributed by atoms with van der Waals surface area (Å²) >= 11 is 6.25. The lowest BCUT2D eigenvalue weighted by atomic mass is 10.1. The molecule has 2 amide bonds. The van der Waals surface area contributed by atoms with Gasteiger partial charge >= 0.3 is 0 Å². The van der Waals surface area contributed by atoms with Crippen LogP contribution in [0, 0.1) is 13.8 Å². The van der Waals surface area contributed by atoms with Crippen molar-refractivity contribution in [2.75, 3.05) is 11.9 Å². The number of para-hydroxylation sites is 1. The Labute approximate surface area is 247 Å². The number of nitrogens with zero attached hydrogens (tertiary/aromatic N) is 2. The number of fused-ring (bicyclic) bond motifs is 1. The van der Waals surface area contributed by atoms with Gasteiger partial charge in [-0.25, -0.2) is 18.1 Å². The Balaban J connectivity index is 1.28. The van der Waals surface area contributed by atoms with Crippen LogP contribution in [0.2, 0.25) is 5.02 Å². The maximum atomic E-state index is 13.3. The average molecular weight is 607 g/mol. The second-order valence-corrected chi connectivity index (χ2v) is 11.7. The molecule has 216 valence electrons. The molecule has 0 aliphatic rings. The van der Waals surface area contributed by atoms with Gasteiger partial charge in [-0.3, -0.25) is 9.59 Å². The lowest BCUT2D eigenvalue weighted by Gasteiger charge is -2.13. The number of benzene rings is 3. The molecule has 0 saturated carbocycles. The minimum atomic E-state index is -4.21. The lowest BCUT2D eigenvalue weighted by molar-refractivity contribution is 0.0970. The second kappa shape index (κ2) is 12.1. The molecule has 2 aromatic heterocycles. The first-order valence-electron chi connectivity index (χ1n) is 13.0. The first-order valence-corrected chi connectivity index (χ1v) is 14.8. The number of anilines is 1. The Morgan fingerprint density at radius 1 is 1.00 bits per heavy atom. The number of aryl methyl sites for hydroxylation is 3. The summed E-state index contributed by atoms with van der Waals surface area (Å²) in [4.78, 5) is 29.1. The molecule has 0 spiro atoms. The van der Waals surface area contributed by atoms with Crippen molar-refractivity contribution in [1.82, 2.24) is 14.3 Å². The first kappa shape index (κ1) is 28.9.